The molecule has 144 valence electrons. The van der Waals surface area contributed by atoms with Crippen LogP contribution in [0.25, 0.3) is 10.8 Å². The molecule has 0 aliphatic carbocycles. The summed E-state index contributed by atoms with van der Waals surface area (Å²) in [6.45, 7) is 5.58. The van der Waals surface area contributed by atoms with Gasteiger partial charge in [-0.3, -0.25) is 9.59 Å². The number of para-hydroxylation sites is 1. The van der Waals surface area contributed by atoms with E-state index < -0.39 is 11.9 Å². The highest BCUT2D eigenvalue weighted by Gasteiger charge is 2.20. The molecule has 3 rings (SSSR count). The van der Waals surface area contributed by atoms with Crippen molar-refractivity contribution in [2.24, 2.45) is 0 Å². The zero-order chi connectivity index (χ0) is 20.3. The van der Waals surface area contributed by atoms with E-state index in [1.165, 1.54) is 4.68 Å². The Labute approximate surface area is 161 Å². The van der Waals surface area contributed by atoms with Crippen LogP contribution in [0.1, 0.15) is 47.7 Å². The van der Waals surface area contributed by atoms with E-state index in [1.54, 1.807) is 55.5 Å². The number of anilines is 1. The number of nitrogens with one attached hydrogen (secondary N) is 1. The van der Waals surface area contributed by atoms with E-state index in [0.29, 0.717) is 16.5 Å². The number of esters is 1. The Kier molecular flexibility index (Phi) is 5.54. The molecule has 1 N–H and O–H groups in total. The second kappa shape index (κ2) is 8.04. The van der Waals surface area contributed by atoms with Crippen molar-refractivity contribution in [3.63, 3.8) is 0 Å². The van der Waals surface area contributed by atoms with Gasteiger partial charge < -0.3 is 10.1 Å². The number of benzene rings is 2. The van der Waals surface area contributed by atoms with Gasteiger partial charge in [-0.15, -0.1) is 0 Å². The first kappa shape index (κ1) is 19.3. The summed E-state index contributed by atoms with van der Waals surface area (Å²) in [4.78, 5) is 37.8. The standard InChI is InChI=1S/C21H21N3O4/c1-4-28-21(27)16-11-7-8-12-17(16)22-19(25)18-14-9-5-6-10-15(14)20(26)24(23-18)13(2)3/h5-13H,4H2,1-3H3,(H,22,25). The number of nitrogens with zero attached hydrogens (tertiary/aromatic N) is 2. The maximum atomic E-state index is 13.0. The third-order valence-electron chi connectivity index (χ3n) is 4.20. The van der Waals surface area contributed by atoms with Gasteiger partial charge in [-0.25, -0.2) is 9.48 Å². The van der Waals surface area contributed by atoms with Gasteiger partial charge in [0.2, 0.25) is 0 Å². The highest BCUT2D eigenvalue weighted by Crippen LogP contribution is 2.20. The van der Waals surface area contributed by atoms with Crippen molar-refractivity contribution in [3.05, 3.63) is 70.1 Å². The lowest BCUT2D eigenvalue weighted by Gasteiger charge is -2.14. The van der Waals surface area contributed by atoms with E-state index in [0.717, 1.165) is 0 Å². The van der Waals surface area contributed by atoms with Crippen molar-refractivity contribution in [1.82, 2.24) is 9.78 Å². The Morgan fingerprint density at radius 2 is 1.71 bits per heavy atom. The van der Waals surface area contributed by atoms with Crippen LogP contribution in [-0.4, -0.2) is 28.3 Å². The summed E-state index contributed by atoms with van der Waals surface area (Å²) in [7, 11) is 0. The lowest BCUT2D eigenvalue weighted by molar-refractivity contribution is 0.0527. The molecular weight excluding hydrogens is 358 g/mol. The highest BCUT2D eigenvalue weighted by atomic mass is 16.5. The number of hydrogen-bond acceptors (Lipinski definition) is 5. The van der Waals surface area contributed by atoms with Crippen LogP contribution in [0, 0.1) is 0 Å². The Bertz CT molecular complexity index is 1100. The molecule has 0 atom stereocenters. The minimum absolute atomic E-state index is 0.113. The molecule has 1 heterocycles. The van der Waals surface area contributed by atoms with E-state index >= 15 is 0 Å². The molecule has 0 bridgehead atoms. The van der Waals surface area contributed by atoms with Gasteiger partial charge >= 0.3 is 5.97 Å². The molecule has 0 saturated heterocycles. The number of aromatic nitrogens is 2. The molecule has 2 aromatic carbocycles. The van der Waals surface area contributed by atoms with Crippen LogP contribution in [0.15, 0.2) is 53.3 Å². The van der Waals surface area contributed by atoms with E-state index in [4.69, 9.17) is 4.74 Å². The Morgan fingerprint density at radius 1 is 1.07 bits per heavy atom. The molecule has 1 aromatic heterocycles. The molecule has 0 aliphatic heterocycles. The Hall–Kier alpha value is -3.48. The topological polar surface area (TPSA) is 90.3 Å². The predicted octanol–water partition coefficient (Wildman–Crippen LogP) is 3.41. The van der Waals surface area contributed by atoms with E-state index in [1.807, 2.05) is 13.8 Å². The molecule has 0 saturated carbocycles. The highest BCUT2D eigenvalue weighted by molar-refractivity contribution is 6.12. The molecule has 0 fully saturated rings. The van der Waals surface area contributed by atoms with Gasteiger partial charge in [0, 0.05) is 5.39 Å². The first-order valence-electron chi connectivity index (χ1n) is 9.03. The predicted molar refractivity (Wildman–Crippen MR) is 107 cm³/mol. The number of rotatable bonds is 5. The number of hydrogen-bond donors (Lipinski definition) is 1. The zero-order valence-electron chi connectivity index (χ0n) is 15.9. The molecule has 7 heteroatoms. The monoisotopic (exact) mass is 379 g/mol. The van der Waals surface area contributed by atoms with Gasteiger partial charge in [0.25, 0.3) is 11.5 Å². The van der Waals surface area contributed by atoms with Crippen LogP contribution >= 0.6 is 0 Å². The Balaban J connectivity index is 2.08. The van der Waals surface area contributed by atoms with Gasteiger partial charge in [-0.2, -0.15) is 5.10 Å². The van der Waals surface area contributed by atoms with Gasteiger partial charge in [0.15, 0.2) is 5.69 Å². The SMILES string of the molecule is CCOC(=O)c1ccccc1NC(=O)c1nn(C(C)C)c(=O)c2ccccc12. The normalized spacial score (nSPS) is 10.9. The van der Waals surface area contributed by atoms with Crippen LogP contribution in [0.4, 0.5) is 5.69 Å². The number of ether oxygens (including phenoxy) is 1. The fraction of sp³-hybridized carbons (Fsp3) is 0.238. The van der Waals surface area contributed by atoms with Gasteiger partial charge in [0.05, 0.1) is 29.3 Å². The largest absolute Gasteiger partial charge is 0.462 e. The van der Waals surface area contributed by atoms with E-state index in [-0.39, 0.29) is 29.5 Å². The molecule has 28 heavy (non-hydrogen) atoms. The fourth-order valence-corrected chi connectivity index (χ4v) is 2.88. The van der Waals surface area contributed by atoms with Crippen LogP contribution < -0.4 is 10.9 Å². The lowest BCUT2D eigenvalue weighted by Crippen LogP contribution is -2.29. The van der Waals surface area contributed by atoms with Gasteiger partial charge in [0.1, 0.15) is 0 Å². The van der Waals surface area contributed by atoms with Crippen molar-refractivity contribution >= 4 is 28.3 Å². The number of fused-ring (bicyclic) bond motifs is 1. The lowest BCUT2D eigenvalue weighted by atomic mass is 10.1. The summed E-state index contributed by atoms with van der Waals surface area (Å²) < 4.78 is 6.33. The molecule has 3 aromatic rings. The summed E-state index contributed by atoms with van der Waals surface area (Å²) >= 11 is 0. The average molecular weight is 379 g/mol. The summed E-state index contributed by atoms with van der Waals surface area (Å²) in [6.07, 6.45) is 0. The molecular formula is C21H21N3O4. The first-order chi connectivity index (χ1) is 13.4. The van der Waals surface area contributed by atoms with Crippen molar-refractivity contribution in [3.8, 4) is 0 Å². The Morgan fingerprint density at radius 3 is 2.39 bits per heavy atom. The van der Waals surface area contributed by atoms with E-state index in [9.17, 15) is 14.4 Å². The molecule has 0 radical (unpaired) electrons. The van der Waals surface area contributed by atoms with Crippen LogP contribution in [-0.2, 0) is 4.74 Å². The smallest absolute Gasteiger partial charge is 0.340 e. The summed E-state index contributed by atoms with van der Waals surface area (Å²) in [5, 5.41) is 7.88. The number of carbonyl (C=O) groups excluding carboxylic acids is 2. The summed E-state index contributed by atoms with van der Waals surface area (Å²) in [5.74, 6) is -1.04. The summed E-state index contributed by atoms with van der Waals surface area (Å²) in [6, 6.07) is 13.2. The van der Waals surface area contributed by atoms with Crippen molar-refractivity contribution < 1.29 is 14.3 Å². The fourth-order valence-electron chi connectivity index (χ4n) is 2.88. The third kappa shape index (κ3) is 3.64. The molecule has 7 nitrogen and oxygen atoms in total. The first-order valence-corrected chi connectivity index (χ1v) is 9.03. The maximum absolute atomic E-state index is 13.0. The minimum atomic E-state index is -0.525. The third-order valence-corrected chi connectivity index (χ3v) is 4.20. The molecule has 1 amide bonds. The van der Waals surface area contributed by atoms with Crippen LogP contribution in [0.5, 0.6) is 0 Å². The second-order valence-corrected chi connectivity index (χ2v) is 6.46. The zero-order valence-corrected chi connectivity index (χ0v) is 15.9. The van der Waals surface area contributed by atoms with Crippen LogP contribution in [0.2, 0.25) is 0 Å². The van der Waals surface area contributed by atoms with Gasteiger partial charge in [-0.1, -0.05) is 30.3 Å². The van der Waals surface area contributed by atoms with E-state index in [2.05, 4.69) is 10.4 Å². The van der Waals surface area contributed by atoms with Crippen molar-refractivity contribution in [2.75, 3.05) is 11.9 Å². The van der Waals surface area contributed by atoms with Crippen LogP contribution in [0.3, 0.4) is 0 Å². The van der Waals surface area contributed by atoms with Crippen molar-refractivity contribution in [1.29, 1.82) is 0 Å². The molecule has 0 spiro atoms. The minimum Gasteiger partial charge on any atom is -0.462 e. The quantitative estimate of drug-likeness (QED) is 0.686. The molecule has 0 unspecified atom stereocenters. The number of carbonyl (C=O) groups is 2. The van der Waals surface area contributed by atoms with Gasteiger partial charge in [-0.05, 0) is 39.0 Å². The number of amides is 1. The average Bonchev–Trinajstić information content (AvgIpc) is 2.68. The maximum Gasteiger partial charge on any atom is 0.340 e. The summed E-state index contributed by atoms with van der Waals surface area (Å²) in [5.41, 5.74) is 0.426. The second-order valence-electron chi connectivity index (χ2n) is 6.46. The van der Waals surface area contributed by atoms with Crippen molar-refractivity contribution in [2.45, 2.75) is 26.8 Å². The molecule has 0 aliphatic rings.